The van der Waals surface area contributed by atoms with E-state index >= 15 is 0 Å². The molecule has 0 aliphatic heterocycles. The minimum Gasteiger partial charge on any atom is -0.481 e. The summed E-state index contributed by atoms with van der Waals surface area (Å²) >= 11 is 0.994. The van der Waals surface area contributed by atoms with E-state index in [0.717, 1.165) is 17.3 Å². The van der Waals surface area contributed by atoms with Gasteiger partial charge in [-0.25, -0.2) is 4.39 Å². The molecule has 0 spiro atoms. The topological polar surface area (TPSA) is 68.0 Å². The number of aromatic nitrogens is 3. The third-order valence-corrected chi connectivity index (χ3v) is 3.13. The van der Waals surface area contributed by atoms with Gasteiger partial charge < -0.3 is 5.11 Å². The molecule has 0 bridgehead atoms. The van der Waals surface area contributed by atoms with Crippen LogP contribution in [0.25, 0.3) is 5.69 Å². The Morgan fingerprint density at radius 3 is 3.06 bits per heavy atom. The van der Waals surface area contributed by atoms with E-state index < -0.39 is 11.8 Å². The first-order valence-corrected chi connectivity index (χ1v) is 6.07. The summed E-state index contributed by atoms with van der Waals surface area (Å²) in [6, 6.07) is 4.67. The predicted octanol–water partition coefficient (Wildman–Crippen LogP) is 1.89. The summed E-state index contributed by atoms with van der Waals surface area (Å²) < 4.78 is 15.2. The van der Waals surface area contributed by atoms with Crippen LogP contribution in [0.3, 0.4) is 0 Å². The molecule has 1 aromatic carbocycles. The van der Waals surface area contributed by atoms with Gasteiger partial charge in [0.2, 0.25) is 0 Å². The fourth-order valence-corrected chi connectivity index (χ4v) is 2.06. The van der Waals surface area contributed by atoms with E-state index in [9.17, 15) is 9.18 Å². The Kier molecular flexibility index (Phi) is 3.61. The van der Waals surface area contributed by atoms with Gasteiger partial charge in [-0.3, -0.25) is 9.36 Å². The molecular weight excluding hydrogens is 257 g/mol. The Bertz CT molecular complexity index is 585. The minimum absolute atomic E-state index is 0.147. The fourth-order valence-electron chi connectivity index (χ4n) is 1.42. The van der Waals surface area contributed by atoms with Gasteiger partial charge >= 0.3 is 5.97 Å². The Balaban J connectivity index is 2.36. The molecule has 1 aromatic heterocycles. The van der Waals surface area contributed by atoms with Crippen LogP contribution in [0.2, 0.25) is 0 Å². The quantitative estimate of drug-likeness (QED) is 0.857. The largest absolute Gasteiger partial charge is 0.481 e. The third kappa shape index (κ3) is 2.67. The number of halogens is 1. The van der Waals surface area contributed by atoms with E-state index in [2.05, 4.69) is 10.2 Å². The van der Waals surface area contributed by atoms with E-state index in [0.29, 0.717) is 10.8 Å². The maximum atomic E-state index is 13.7. The van der Waals surface area contributed by atoms with Crippen molar-refractivity contribution in [2.24, 2.45) is 0 Å². The summed E-state index contributed by atoms with van der Waals surface area (Å²) in [5.74, 6) is -1.51. The van der Waals surface area contributed by atoms with Gasteiger partial charge in [-0.15, -0.1) is 10.2 Å². The summed E-state index contributed by atoms with van der Waals surface area (Å²) in [5.41, 5.74) is 1.21. The van der Waals surface area contributed by atoms with Crippen molar-refractivity contribution in [1.82, 2.24) is 14.8 Å². The Hall–Kier alpha value is -1.89. The number of thioether (sulfide) groups is 1. The molecule has 2 aromatic rings. The molecule has 0 aliphatic carbocycles. The summed E-state index contributed by atoms with van der Waals surface area (Å²) in [7, 11) is 0. The van der Waals surface area contributed by atoms with Crippen molar-refractivity contribution in [3.05, 3.63) is 35.9 Å². The lowest BCUT2D eigenvalue weighted by Gasteiger charge is -2.07. The molecule has 0 amide bonds. The first-order chi connectivity index (χ1) is 8.58. The average Bonchev–Trinajstić information content (AvgIpc) is 2.77. The molecule has 5 nitrogen and oxygen atoms in total. The van der Waals surface area contributed by atoms with Gasteiger partial charge in [-0.05, 0) is 24.6 Å². The number of hydrogen-bond acceptors (Lipinski definition) is 4. The average molecular weight is 267 g/mol. The second kappa shape index (κ2) is 5.18. The van der Waals surface area contributed by atoms with E-state index in [1.165, 1.54) is 17.0 Å². The number of rotatable bonds is 4. The molecule has 2 rings (SSSR count). The highest BCUT2D eigenvalue weighted by atomic mass is 32.2. The van der Waals surface area contributed by atoms with Crippen molar-refractivity contribution < 1.29 is 14.3 Å². The van der Waals surface area contributed by atoms with Crippen LogP contribution < -0.4 is 0 Å². The first-order valence-electron chi connectivity index (χ1n) is 5.09. The van der Waals surface area contributed by atoms with Crippen LogP contribution in [-0.2, 0) is 4.79 Å². The van der Waals surface area contributed by atoms with Crippen LogP contribution in [0.5, 0.6) is 0 Å². The maximum absolute atomic E-state index is 13.7. The lowest BCUT2D eigenvalue weighted by Crippen LogP contribution is -2.03. The monoisotopic (exact) mass is 267 g/mol. The number of nitrogens with zero attached hydrogens (tertiary/aromatic N) is 3. The zero-order valence-corrected chi connectivity index (χ0v) is 10.3. The smallest absolute Gasteiger partial charge is 0.313 e. The number of carbonyl (C=O) groups is 1. The van der Waals surface area contributed by atoms with Crippen molar-refractivity contribution in [3.63, 3.8) is 0 Å². The molecule has 0 saturated carbocycles. The molecule has 0 unspecified atom stereocenters. The molecule has 1 heterocycles. The van der Waals surface area contributed by atoms with Crippen LogP contribution in [-0.4, -0.2) is 31.6 Å². The second-order valence-corrected chi connectivity index (χ2v) is 4.56. The number of carboxylic acid groups (broad SMARTS) is 1. The Labute approximate surface area is 107 Å². The van der Waals surface area contributed by atoms with Gasteiger partial charge in [-0.2, -0.15) is 0 Å². The standard InChI is InChI=1S/C11H10FN3O2S/c1-7-2-3-8(12)9(4-7)15-6-13-14-11(15)18-5-10(16)17/h2-4,6H,5H2,1H3,(H,16,17). The van der Waals surface area contributed by atoms with E-state index in [-0.39, 0.29) is 5.75 Å². The van der Waals surface area contributed by atoms with Crippen LogP contribution in [0.4, 0.5) is 4.39 Å². The van der Waals surface area contributed by atoms with Crippen molar-refractivity contribution >= 4 is 17.7 Å². The predicted molar refractivity (Wildman–Crippen MR) is 64.4 cm³/mol. The zero-order chi connectivity index (χ0) is 13.1. The zero-order valence-electron chi connectivity index (χ0n) is 9.50. The second-order valence-electron chi connectivity index (χ2n) is 3.62. The lowest BCUT2D eigenvalue weighted by atomic mass is 10.2. The summed E-state index contributed by atoms with van der Waals surface area (Å²) in [5, 5.41) is 16.4. The first kappa shape index (κ1) is 12.6. The summed E-state index contributed by atoms with van der Waals surface area (Å²) in [6.45, 7) is 1.84. The number of benzene rings is 1. The number of aliphatic carboxylic acids is 1. The van der Waals surface area contributed by atoms with Crippen molar-refractivity contribution in [1.29, 1.82) is 0 Å². The fraction of sp³-hybridized carbons (Fsp3) is 0.182. The van der Waals surface area contributed by atoms with Crippen LogP contribution in [0.15, 0.2) is 29.7 Å². The van der Waals surface area contributed by atoms with Crippen molar-refractivity contribution in [3.8, 4) is 5.69 Å². The molecular formula is C11H10FN3O2S. The molecule has 0 radical (unpaired) electrons. The van der Waals surface area contributed by atoms with Gasteiger partial charge in [0.1, 0.15) is 12.1 Å². The van der Waals surface area contributed by atoms with Crippen molar-refractivity contribution in [2.75, 3.05) is 5.75 Å². The van der Waals surface area contributed by atoms with E-state index in [4.69, 9.17) is 5.11 Å². The van der Waals surface area contributed by atoms with Crippen molar-refractivity contribution in [2.45, 2.75) is 12.1 Å². The van der Waals surface area contributed by atoms with Gasteiger partial charge in [0.15, 0.2) is 5.16 Å². The molecule has 1 N–H and O–H groups in total. The highest BCUT2D eigenvalue weighted by Gasteiger charge is 2.12. The molecule has 94 valence electrons. The minimum atomic E-state index is -0.959. The van der Waals surface area contributed by atoms with Crippen LogP contribution >= 0.6 is 11.8 Å². The van der Waals surface area contributed by atoms with Crippen LogP contribution in [0.1, 0.15) is 5.56 Å². The normalized spacial score (nSPS) is 10.6. The number of carboxylic acids is 1. The number of aryl methyl sites for hydroxylation is 1. The Morgan fingerprint density at radius 1 is 1.56 bits per heavy atom. The highest BCUT2D eigenvalue weighted by molar-refractivity contribution is 7.99. The molecule has 18 heavy (non-hydrogen) atoms. The molecule has 0 aliphatic rings. The highest BCUT2D eigenvalue weighted by Crippen LogP contribution is 2.22. The molecule has 0 atom stereocenters. The van der Waals surface area contributed by atoms with Gasteiger partial charge in [0.25, 0.3) is 0 Å². The Morgan fingerprint density at radius 2 is 2.33 bits per heavy atom. The van der Waals surface area contributed by atoms with Gasteiger partial charge in [-0.1, -0.05) is 17.8 Å². The third-order valence-electron chi connectivity index (χ3n) is 2.20. The van der Waals surface area contributed by atoms with E-state index in [1.807, 2.05) is 6.92 Å². The molecule has 7 heteroatoms. The maximum Gasteiger partial charge on any atom is 0.313 e. The van der Waals surface area contributed by atoms with Crippen LogP contribution in [0, 0.1) is 12.7 Å². The van der Waals surface area contributed by atoms with Gasteiger partial charge in [0, 0.05) is 0 Å². The summed E-state index contributed by atoms with van der Waals surface area (Å²) in [6.07, 6.45) is 1.36. The van der Waals surface area contributed by atoms with Gasteiger partial charge in [0.05, 0.1) is 11.4 Å². The summed E-state index contributed by atoms with van der Waals surface area (Å²) in [4.78, 5) is 10.5. The SMILES string of the molecule is Cc1ccc(F)c(-n2cnnc2SCC(=O)O)c1. The molecule has 0 saturated heterocycles. The molecule has 0 fully saturated rings. The lowest BCUT2D eigenvalue weighted by molar-refractivity contribution is -0.133. The number of hydrogen-bond donors (Lipinski definition) is 1. The van der Waals surface area contributed by atoms with E-state index in [1.54, 1.807) is 12.1 Å².